The highest BCUT2D eigenvalue weighted by atomic mass is 16.5. The number of amides is 1. The number of carbonyl (C=O) groups is 1. The minimum absolute atomic E-state index is 0.203. The Morgan fingerprint density at radius 3 is 2.07 bits per heavy atom. The van der Waals surface area contributed by atoms with E-state index >= 15 is 0 Å². The third-order valence-corrected chi connectivity index (χ3v) is 7.21. The number of aromatic nitrogens is 3. The molecule has 1 N–H and O–H groups in total. The molecule has 0 aliphatic carbocycles. The number of nitrogens with zero attached hydrogens (tertiary/aromatic N) is 3. The number of rotatable bonds is 4. The molecule has 5 aromatic rings. The largest absolute Gasteiger partial charge is 0.490 e. The predicted octanol–water partition coefficient (Wildman–Crippen LogP) is 3.47. The van der Waals surface area contributed by atoms with Crippen LogP contribution in [-0.4, -0.2) is 46.6 Å². The van der Waals surface area contributed by atoms with E-state index in [0.29, 0.717) is 78.0 Å². The summed E-state index contributed by atoms with van der Waals surface area (Å²) in [5.74, 6) is 1.88. The number of hydrogen-bond acceptors (Lipinski definition) is 8. The quantitative estimate of drug-likeness (QED) is 0.328. The first-order chi connectivity index (χ1) is 20.5. The Morgan fingerprint density at radius 1 is 0.714 bits per heavy atom. The highest BCUT2D eigenvalue weighted by molar-refractivity contribution is 6.00. The molecule has 7 rings (SSSR count). The van der Waals surface area contributed by atoms with Gasteiger partial charge >= 0.3 is 0 Å². The maximum atomic E-state index is 13.5. The fourth-order valence-corrected chi connectivity index (χ4v) is 5.06. The molecule has 42 heavy (non-hydrogen) atoms. The number of hydrogen-bond donors (Lipinski definition) is 1. The molecule has 3 aromatic heterocycles. The summed E-state index contributed by atoms with van der Waals surface area (Å²) < 4.78 is 25.4. The average Bonchev–Trinajstić information content (AvgIpc) is 3.39. The maximum Gasteiger partial charge on any atom is 0.278 e. The summed E-state index contributed by atoms with van der Waals surface area (Å²) >= 11 is 0. The second-order valence-corrected chi connectivity index (χ2v) is 10.1. The van der Waals surface area contributed by atoms with Crippen LogP contribution in [0.25, 0.3) is 21.8 Å². The number of carbonyl (C=O) groups excluding carboxylic acids is 1. The van der Waals surface area contributed by atoms with Crippen molar-refractivity contribution in [3.05, 3.63) is 98.8 Å². The number of pyridine rings is 3. The molecule has 0 radical (unpaired) electrons. The lowest BCUT2D eigenvalue weighted by Crippen LogP contribution is -2.33. The summed E-state index contributed by atoms with van der Waals surface area (Å²) in [5.41, 5.74) is 3.86. The van der Waals surface area contributed by atoms with Crippen LogP contribution in [0.4, 0.5) is 0 Å². The van der Waals surface area contributed by atoms with Crippen LogP contribution in [0.5, 0.6) is 23.0 Å². The average molecular weight is 567 g/mol. The van der Waals surface area contributed by atoms with Gasteiger partial charge in [0, 0.05) is 30.8 Å². The van der Waals surface area contributed by atoms with Gasteiger partial charge in [-0.15, -0.1) is 0 Å². The third kappa shape index (κ3) is 4.78. The molecule has 11 heteroatoms. The highest BCUT2D eigenvalue weighted by Gasteiger charge is 2.17. The van der Waals surface area contributed by atoms with Crippen molar-refractivity contribution in [2.24, 2.45) is 0 Å². The standard InChI is InChI=1S/C31H26N4O7/c36-29(20-4-6-26-28(16-20)42-14-2-12-40-26)33-35-10-8-24-22(31(35)38)17-21-23(32-24)7-9-34(30(21)37)18-19-3-5-25-27(15-19)41-13-1-11-39-25/h3-10,15-17H,1-2,11-14,18H2,(H,33,36). The zero-order valence-corrected chi connectivity index (χ0v) is 22.5. The lowest BCUT2D eigenvalue weighted by atomic mass is 10.1. The van der Waals surface area contributed by atoms with E-state index in [0.717, 1.165) is 23.1 Å². The Bertz CT molecular complexity index is 1980. The van der Waals surface area contributed by atoms with Gasteiger partial charge in [0.15, 0.2) is 23.0 Å². The van der Waals surface area contributed by atoms with Crippen molar-refractivity contribution >= 4 is 27.7 Å². The van der Waals surface area contributed by atoms with Gasteiger partial charge in [0.2, 0.25) is 0 Å². The molecule has 0 saturated heterocycles. The van der Waals surface area contributed by atoms with E-state index in [1.165, 1.54) is 12.3 Å². The van der Waals surface area contributed by atoms with Crippen molar-refractivity contribution in [3.63, 3.8) is 0 Å². The first-order valence-corrected chi connectivity index (χ1v) is 13.7. The van der Waals surface area contributed by atoms with Gasteiger partial charge < -0.3 is 23.5 Å². The number of fused-ring (bicyclic) bond motifs is 4. The summed E-state index contributed by atoms with van der Waals surface area (Å²) in [7, 11) is 0. The smallest absolute Gasteiger partial charge is 0.278 e. The normalized spacial score (nSPS) is 14.3. The van der Waals surface area contributed by atoms with Crippen molar-refractivity contribution in [2.75, 3.05) is 31.9 Å². The van der Waals surface area contributed by atoms with Crippen molar-refractivity contribution < 1.29 is 23.7 Å². The number of nitrogens with one attached hydrogen (secondary N) is 1. The first kappa shape index (κ1) is 25.6. The molecule has 0 fully saturated rings. The Morgan fingerprint density at radius 2 is 1.33 bits per heavy atom. The fraction of sp³-hybridized carbons (Fsp3) is 0.226. The van der Waals surface area contributed by atoms with Gasteiger partial charge in [-0.1, -0.05) is 6.07 Å². The van der Waals surface area contributed by atoms with Crippen LogP contribution in [0.2, 0.25) is 0 Å². The second-order valence-electron chi connectivity index (χ2n) is 10.1. The van der Waals surface area contributed by atoms with Crippen LogP contribution in [0.15, 0.2) is 76.6 Å². The van der Waals surface area contributed by atoms with Crippen LogP contribution >= 0.6 is 0 Å². The van der Waals surface area contributed by atoms with Crippen molar-refractivity contribution in [1.29, 1.82) is 0 Å². The topological polar surface area (TPSA) is 123 Å². The molecular formula is C31H26N4O7. The molecule has 2 aliphatic rings. The van der Waals surface area contributed by atoms with Gasteiger partial charge in [0.1, 0.15) is 0 Å². The Hall–Kier alpha value is -5.32. The molecule has 2 aromatic carbocycles. The Labute approximate surface area is 238 Å². The van der Waals surface area contributed by atoms with Gasteiger partial charge in [-0.25, -0.2) is 9.66 Å². The summed E-state index contributed by atoms with van der Waals surface area (Å²) in [4.78, 5) is 44.4. The van der Waals surface area contributed by atoms with Gasteiger partial charge in [-0.3, -0.25) is 19.8 Å². The van der Waals surface area contributed by atoms with Crippen molar-refractivity contribution in [3.8, 4) is 23.0 Å². The lowest BCUT2D eigenvalue weighted by Gasteiger charge is -2.12. The van der Waals surface area contributed by atoms with Crippen LogP contribution in [-0.2, 0) is 6.54 Å². The predicted molar refractivity (Wildman–Crippen MR) is 155 cm³/mol. The Kier molecular flexibility index (Phi) is 6.46. The van der Waals surface area contributed by atoms with Gasteiger partial charge in [-0.05, 0) is 54.1 Å². The molecule has 0 spiro atoms. The van der Waals surface area contributed by atoms with E-state index in [1.807, 2.05) is 18.2 Å². The first-order valence-electron chi connectivity index (χ1n) is 13.7. The van der Waals surface area contributed by atoms with E-state index in [1.54, 1.807) is 41.1 Å². The molecule has 0 unspecified atom stereocenters. The Balaban J connectivity index is 1.19. The summed E-state index contributed by atoms with van der Waals surface area (Å²) in [6.07, 6.45) is 4.67. The zero-order valence-electron chi connectivity index (χ0n) is 22.5. The fourth-order valence-electron chi connectivity index (χ4n) is 5.06. The molecule has 2 aliphatic heterocycles. The highest BCUT2D eigenvalue weighted by Crippen LogP contribution is 2.31. The molecule has 0 atom stereocenters. The molecule has 5 heterocycles. The van der Waals surface area contributed by atoms with E-state index in [9.17, 15) is 14.4 Å². The summed E-state index contributed by atoms with van der Waals surface area (Å²) in [6.45, 7) is 2.49. The van der Waals surface area contributed by atoms with Crippen LogP contribution in [0.1, 0.15) is 28.8 Å². The molecule has 212 valence electrons. The molecule has 0 bridgehead atoms. The molecule has 0 saturated carbocycles. The van der Waals surface area contributed by atoms with Gasteiger partial charge in [-0.2, -0.15) is 0 Å². The molecule has 11 nitrogen and oxygen atoms in total. The second kappa shape index (κ2) is 10.6. The summed E-state index contributed by atoms with van der Waals surface area (Å²) in [5, 5.41) is 0.498. The summed E-state index contributed by atoms with van der Waals surface area (Å²) in [6, 6.07) is 15.4. The third-order valence-electron chi connectivity index (χ3n) is 7.21. The van der Waals surface area contributed by atoms with Gasteiger partial charge in [0.05, 0.1) is 54.8 Å². The van der Waals surface area contributed by atoms with Crippen LogP contribution < -0.4 is 35.5 Å². The van der Waals surface area contributed by atoms with E-state index in [4.69, 9.17) is 18.9 Å². The van der Waals surface area contributed by atoms with E-state index in [2.05, 4.69) is 10.4 Å². The molecule has 1 amide bonds. The van der Waals surface area contributed by atoms with Crippen LogP contribution in [0.3, 0.4) is 0 Å². The minimum Gasteiger partial charge on any atom is -0.490 e. The van der Waals surface area contributed by atoms with E-state index < -0.39 is 11.5 Å². The van der Waals surface area contributed by atoms with Crippen molar-refractivity contribution in [2.45, 2.75) is 19.4 Å². The maximum absolute atomic E-state index is 13.5. The van der Waals surface area contributed by atoms with Crippen LogP contribution in [0, 0.1) is 0 Å². The number of ether oxygens (including phenoxy) is 4. The SMILES string of the molecule is O=C(Nn1ccc2nc3ccn(Cc4ccc5c(c4)OCCCO5)c(=O)c3cc2c1=O)c1ccc2c(c1)OCCCO2. The lowest BCUT2D eigenvalue weighted by molar-refractivity contribution is 0.101. The van der Waals surface area contributed by atoms with Crippen molar-refractivity contribution in [1.82, 2.24) is 14.2 Å². The monoisotopic (exact) mass is 566 g/mol. The van der Waals surface area contributed by atoms with E-state index in [-0.39, 0.29) is 10.9 Å². The van der Waals surface area contributed by atoms with Gasteiger partial charge in [0.25, 0.3) is 17.0 Å². The molecular weight excluding hydrogens is 540 g/mol. The zero-order chi connectivity index (χ0) is 28.6. The number of benzene rings is 2. The minimum atomic E-state index is -0.512.